The number of carbonyl (C=O) groups excluding carboxylic acids is 1. The standard InChI is InChI=1S/C35H41ClN4O3/c1-7-39-21-29(33(41)28-18-30(36)32(19-31(28)39)40-14-12-37(5)13-15-40)35(42)38(6)20-27-16-24(3)34(25(4)17-27)43-22-26-10-8-23(2)9-11-26/h8-11,16-19,21H,7,12-15,20,22H2,1-6H3. The summed E-state index contributed by atoms with van der Waals surface area (Å²) in [5, 5.41) is 0.996. The molecule has 0 spiro atoms. The number of pyridine rings is 1. The number of aromatic nitrogens is 1. The Morgan fingerprint density at radius 3 is 2.23 bits per heavy atom. The lowest BCUT2D eigenvalue weighted by Gasteiger charge is -2.34. The molecule has 0 bridgehead atoms. The molecule has 0 aliphatic carbocycles. The van der Waals surface area contributed by atoms with Crippen LogP contribution in [0.15, 0.2) is 59.5 Å². The first-order chi connectivity index (χ1) is 20.5. The van der Waals surface area contributed by atoms with E-state index >= 15 is 0 Å². The summed E-state index contributed by atoms with van der Waals surface area (Å²) in [5.41, 5.74) is 6.89. The molecular weight excluding hydrogens is 560 g/mol. The van der Waals surface area contributed by atoms with Crippen molar-refractivity contribution in [2.75, 3.05) is 45.2 Å². The number of anilines is 1. The van der Waals surface area contributed by atoms with Gasteiger partial charge in [-0.15, -0.1) is 0 Å². The maximum Gasteiger partial charge on any atom is 0.259 e. The van der Waals surface area contributed by atoms with Crippen molar-refractivity contribution in [3.63, 3.8) is 0 Å². The van der Waals surface area contributed by atoms with Crippen LogP contribution in [0.25, 0.3) is 10.9 Å². The SMILES string of the molecule is CCn1cc(C(=O)N(C)Cc2cc(C)c(OCc3ccc(C)cc3)c(C)c2)c(=O)c2cc(Cl)c(N3CCN(C)CC3)cc21. The number of halogens is 1. The van der Waals surface area contributed by atoms with Gasteiger partial charge in [0.1, 0.15) is 17.9 Å². The van der Waals surface area contributed by atoms with Crippen LogP contribution in [0, 0.1) is 20.8 Å². The molecule has 0 unspecified atom stereocenters. The number of carbonyl (C=O) groups is 1. The number of amides is 1. The fourth-order valence-electron chi connectivity index (χ4n) is 5.85. The van der Waals surface area contributed by atoms with Crippen LogP contribution in [0.3, 0.4) is 0 Å². The Bertz CT molecular complexity index is 1680. The van der Waals surface area contributed by atoms with Crippen LogP contribution in [0.5, 0.6) is 5.75 Å². The van der Waals surface area contributed by atoms with E-state index in [0.717, 1.165) is 65.4 Å². The molecule has 4 aromatic rings. The van der Waals surface area contributed by atoms with E-state index in [4.69, 9.17) is 16.3 Å². The van der Waals surface area contributed by atoms with Crippen LogP contribution in [0.1, 0.15) is 45.1 Å². The normalized spacial score (nSPS) is 13.9. The molecule has 1 fully saturated rings. The van der Waals surface area contributed by atoms with Crippen molar-refractivity contribution >= 4 is 34.1 Å². The third-order valence-electron chi connectivity index (χ3n) is 8.35. The molecule has 226 valence electrons. The number of nitrogens with zero attached hydrogens (tertiary/aromatic N) is 4. The lowest BCUT2D eigenvalue weighted by molar-refractivity contribution is 0.0783. The summed E-state index contributed by atoms with van der Waals surface area (Å²) >= 11 is 6.74. The van der Waals surface area contributed by atoms with E-state index < -0.39 is 0 Å². The van der Waals surface area contributed by atoms with Crippen LogP contribution >= 0.6 is 11.6 Å². The Morgan fingerprint density at radius 1 is 0.953 bits per heavy atom. The lowest BCUT2D eigenvalue weighted by Crippen LogP contribution is -2.44. The van der Waals surface area contributed by atoms with Gasteiger partial charge in [0.05, 0.1) is 16.2 Å². The van der Waals surface area contributed by atoms with E-state index in [0.29, 0.717) is 30.1 Å². The number of hydrogen-bond donors (Lipinski definition) is 0. The second-order valence-electron chi connectivity index (χ2n) is 11.8. The first-order valence-corrected chi connectivity index (χ1v) is 15.3. The number of ether oxygens (including phenoxy) is 1. The topological polar surface area (TPSA) is 58.0 Å². The third kappa shape index (κ3) is 6.58. The maximum atomic E-state index is 13.7. The minimum Gasteiger partial charge on any atom is -0.488 e. The number of piperazine rings is 1. The summed E-state index contributed by atoms with van der Waals surface area (Å²) in [6, 6.07) is 16.2. The molecule has 7 nitrogen and oxygen atoms in total. The molecule has 1 aliphatic heterocycles. The average Bonchev–Trinajstić information content (AvgIpc) is 2.98. The second-order valence-corrected chi connectivity index (χ2v) is 12.2. The quantitative estimate of drug-likeness (QED) is 0.241. The molecule has 5 rings (SSSR count). The fourth-order valence-corrected chi connectivity index (χ4v) is 6.14. The Balaban J connectivity index is 1.37. The van der Waals surface area contributed by atoms with Gasteiger partial charge in [-0.2, -0.15) is 0 Å². The van der Waals surface area contributed by atoms with Crippen molar-refractivity contribution in [2.45, 2.75) is 47.4 Å². The molecule has 43 heavy (non-hydrogen) atoms. The highest BCUT2D eigenvalue weighted by Crippen LogP contribution is 2.31. The number of fused-ring (bicyclic) bond motifs is 1. The maximum absolute atomic E-state index is 13.7. The molecule has 0 atom stereocenters. The lowest BCUT2D eigenvalue weighted by atomic mass is 10.0. The summed E-state index contributed by atoms with van der Waals surface area (Å²) in [5.74, 6) is 0.537. The predicted octanol–water partition coefficient (Wildman–Crippen LogP) is 6.20. The van der Waals surface area contributed by atoms with E-state index in [1.807, 2.05) is 43.5 Å². The number of aryl methyl sites for hydroxylation is 4. The molecule has 0 radical (unpaired) electrons. The van der Waals surface area contributed by atoms with Gasteiger partial charge in [0.25, 0.3) is 5.91 Å². The van der Waals surface area contributed by atoms with Gasteiger partial charge >= 0.3 is 0 Å². The number of rotatable bonds is 8. The van der Waals surface area contributed by atoms with Crippen molar-refractivity contribution in [3.8, 4) is 5.75 Å². The highest BCUT2D eigenvalue weighted by molar-refractivity contribution is 6.34. The van der Waals surface area contributed by atoms with E-state index in [9.17, 15) is 9.59 Å². The Kier molecular flexibility index (Phi) is 9.13. The van der Waals surface area contributed by atoms with Gasteiger partial charge in [-0.05, 0) is 69.1 Å². The smallest absolute Gasteiger partial charge is 0.259 e. The van der Waals surface area contributed by atoms with Gasteiger partial charge in [-0.3, -0.25) is 9.59 Å². The van der Waals surface area contributed by atoms with Gasteiger partial charge < -0.3 is 24.0 Å². The zero-order chi connectivity index (χ0) is 30.8. The second kappa shape index (κ2) is 12.8. The van der Waals surface area contributed by atoms with Gasteiger partial charge in [-0.25, -0.2) is 0 Å². The molecule has 8 heteroatoms. The van der Waals surface area contributed by atoms with Crippen LogP contribution < -0.4 is 15.1 Å². The molecule has 1 saturated heterocycles. The molecule has 0 N–H and O–H groups in total. The minimum atomic E-state index is -0.316. The fraction of sp³-hybridized carbons (Fsp3) is 0.371. The summed E-state index contributed by atoms with van der Waals surface area (Å²) in [4.78, 5) is 33.5. The van der Waals surface area contributed by atoms with Gasteiger partial charge in [0.15, 0.2) is 0 Å². The largest absolute Gasteiger partial charge is 0.488 e. The average molecular weight is 601 g/mol. The molecule has 1 aliphatic rings. The Labute approximate surface area is 259 Å². The van der Waals surface area contributed by atoms with Gasteiger partial charge in [0.2, 0.25) is 5.43 Å². The van der Waals surface area contributed by atoms with Crippen molar-refractivity contribution in [1.29, 1.82) is 0 Å². The minimum absolute atomic E-state index is 0.145. The highest BCUT2D eigenvalue weighted by Gasteiger charge is 2.23. The molecule has 2 heterocycles. The van der Waals surface area contributed by atoms with Gasteiger partial charge in [0, 0.05) is 57.9 Å². The predicted molar refractivity (Wildman–Crippen MR) is 176 cm³/mol. The summed E-state index contributed by atoms with van der Waals surface area (Å²) in [6.45, 7) is 13.3. The number of hydrogen-bond acceptors (Lipinski definition) is 5. The van der Waals surface area contributed by atoms with Crippen molar-refractivity contribution in [2.24, 2.45) is 0 Å². The summed E-state index contributed by atoms with van der Waals surface area (Å²) in [6.07, 6.45) is 1.70. The summed E-state index contributed by atoms with van der Waals surface area (Å²) < 4.78 is 8.15. The molecule has 3 aromatic carbocycles. The van der Waals surface area contributed by atoms with Crippen LogP contribution in [-0.4, -0.2) is 60.5 Å². The molecule has 1 aromatic heterocycles. The van der Waals surface area contributed by atoms with Crippen LogP contribution in [-0.2, 0) is 19.7 Å². The monoisotopic (exact) mass is 600 g/mol. The molecule has 1 amide bonds. The van der Waals surface area contributed by atoms with Crippen LogP contribution in [0.2, 0.25) is 5.02 Å². The first-order valence-electron chi connectivity index (χ1n) is 14.9. The van der Waals surface area contributed by atoms with Crippen molar-refractivity contribution in [1.82, 2.24) is 14.4 Å². The van der Waals surface area contributed by atoms with Crippen LogP contribution in [0.4, 0.5) is 5.69 Å². The Morgan fingerprint density at radius 2 is 1.60 bits per heavy atom. The number of benzene rings is 3. The van der Waals surface area contributed by atoms with Gasteiger partial charge in [-0.1, -0.05) is 53.6 Å². The van der Waals surface area contributed by atoms with Crippen molar-refractivity contribution in [3.05, 3.63) is 103 Å². The van der Waals surface area contributed by atoms with E-state index in [-0.39, 0.29) is 16.9 Å². The Hall–Kier alpha value is -3.81. The third-order valence-corrected chi connectivity index (χ3v) is 8.66. The molecular formula is C35H41ClN4O3. The highest BCUT2D eigenvalue weighted by atomic mass is 35.5. The summed E-state index contributed by atoms with van der Waals surface area (Å²) in [7, 11) is 3.85. The van der Waals surface area contributed by atoms with E-state index in [2.05, 4.69) is 48.0 Å². The van der Waals surface area contributed by atoms with E-state index in [1.54, 1.807) is 24.2 Å². The zero-order valence-electron chi connectivity index (χ0n) is 26.0. The molecule has 0 saturated carbocycles. The van der Waals surface area contributed by atoms with E-state index in [1.165, 1.54) is 5.56 Å². The first kappa shape index (κ1) is 30.6. The van der Waals surface area contributed by atoms with Crippen molar-refractivity contribution < 1.29 is 9.53 Å². The number of likely N-dealkylation sites (N-methyl/N-ethyl adjacent to an activating group) is 1. The zero-order valence-corrected chi connectivity index (χ0v) is 26.8.